The van der Waals surface area contributed by atoms with E-state index in [9.17, 15) is 18.0 Å². The van der Waals surface area contributed by atoms with Gasteiger partial charge in [0.25, 0.3) is 5.91 Å². The van der Waals surface area contributed by atoms with E-state index < -0.39 is 17.7 Å². The Kier molecular flexibility index (Phi) is 7.71. The van der Waals surface area contributed by atoms with Gasteiger partial charge in [-0.2, -0.15) is 13.2 Å². The summed E-state index contributed by atoms with van der Waals surface area (Å²) in [6.07, 6.45) is 3.55. The van der Waals surface area contributed by atoms with Gasteiger partial charge in [-0.3, -0.25) is 9.69 Å². The molecule has 2 fully saturated rings. The Balaban J connectivity index is 0.000000426. The lowest BCUT2D eigenvalue weighted by atomic mass is 9.61. The molecule has 2 spiro atoms. The van der Waals surface area contributed by atoms with E-state index in [0.29, 0.717) is 11.9 Å². The van der Waals surface area contributed by atoms with Crippen molar-refractivity contribution < 1.29 is 37.3 Å². The Morgan fingerprint density at radius 3 is 2.34 bits per heavy atom. The van der Waals surface area contributed by atoms with Crippen LogP contribution in [0.2, 0.25) is 0 Å². The van der Waals surface area contributed by atoms with Crippen LogP contribution in [0.1, 0.15) is 69.9 Å². The maximum absolute atomic E-state index is 14.1. The number of aliphatic carboxylic acids is 1. The summed E-state index contributed by atoms with van der Waals surface area (Å²) in [6, 6.07) is 6.29. The van der Waals surface area contributed by atoms with Gasteiger partial charge in [-0.25, -0.2) is 9.79 Å². The van der Waals surface area contributed by atoms with E-state index in [-0.39, 0.29) is 23.5 Å². The van der Waals surface area contributed by atoms with Gasteiger partial charge in [0.15, 0.2) is 11.5 Å². The van der Waals surface area contributed by atoms with E-state index in [2.05, 4.69) is 18.2 Å². The lowest BCUT2D eigenvalue weighted by Crippen LogP contribution is -2.53. The van der Waals surface area contributed by atoms with Crippen LogP contribution >= 0.6 is 0 Å². The second-order valence-corrected chi connectivity index (χ2v) is 11.1. The Hall–Kier alpha value is -2.82. The number of methoxy groups -OCH3 is 1. The molecule has 4 aliphatic rings. The third kappa shape index (κ3) is 4.85. The second kappa shape index (κ2) is 10.4. The Morgan fingerprint density at radius 1 is 1.24 bits per heavy atom. The van der Waals surface area contributed by atoms with E-state index in [4.69, 9.17) is 30.1 Å². The number of guanidine groups is 1. The monoisotopic (exact) mass is 539 g/mol. The molecule has 0 saturated heterocycles. The fourth-order valence-electron chi connectivity index (χ4n) is 6.28. The van der Waals surface area contributed by atoms with Crippen LogP contribution in [0.15, 0.2) is 23.2 Å². The molecule has 1 unspecified atom stereocenters. The quantitative estimate of drug-likeness (QED) is 0.574. The number of hydrogen-bond acceptors (Lipinski definition) is 6. The van der Waals surface area contributed by atoms with Crippen molar-refractivity contribution in [1.82, 2.24) is 4.90 Å². The zero-order chi connectivity index (χ0) is 27.9. The first kappa shape index (κ1) is 28.2. The van der Waals surface area contributed by atoms with E-state index in [1.54, 1.807) is 12.0 Å². The minimum atomic E-state index is -5.08. The summed E-state index contributed by atoms with van der Waals surface area (Å²) in [5, 5.41) is 7.12. The molecular weight excluding hydrogens is 503 g/mol. The van der Waals surface area contributed by atoms with Crippen LogP contribution in [0.4, 0.5) is 13.2 Å². The van der Waals surface area contributed by atoms with E-state index in [1.807, 2.05) is 13.8 Å². The molecule has 1 atom stereocenters. The van der Waals surface area contributed by atoms with Crippen LogP contribution in [0.5, 0.6) is 5.75 Å². The van der Waals surface area contributed by atoms with E-state index in [1.165, 1.54) is 24.8 Å². The first-order valence-electron chi connectivity index (χ1n) is 13.1. The number of carboxylic acids is 1. The second-order valence-electron chi connectivity index (χ2n) is 11.1. The first-order valence-corrected chi connectivity index (χ1v) is 13.1. The van der Waals surface area contributed by atoms with Crippen LogP contribution in [0.3, 0.4) is 0 Å². The van der Waals surface area contributed by atoms with Gasteiger partial charge in [-0.15, -0.1) is 0 Å². The highest BCUT2D eigenvalue weighted by atomic mass is 19.4. The molecule has 1 aromatic carbocycles. The summed E-state index contributed by atoms with van der Waals surface area (Å²) in [6.45, 7) is 4.76. The molecular formula is C27H36F3N3O5. The molecule has 0 bridgehead atoms. The van der Waals surface area contributed by atoms with Crippen molar-refractivity contribution >= 4 is 17.8 Å². The van der Waals surface area contributed by atoms with Crippen molar-refractivity contribution in [3.8, 4) is 5.75 Å². The number of carbonyl (C=O) groups is 2. The number of carboxylic acid groups (broad SMARTS) is 1. The number of aliphatic imine (C=N–C) groups is 1. The van der Waals surface area contributed by atoms with Crippen LogP contribution in [-0.2, 0) is 26.3 Å². The predicted octanol–water partition coefficient (Wildman–Crippen LogP) is 4.39. The SMILES string of the molecule is COC1CCC2(CC1)Cc1ccc(OCC3CCC3)cc1C21N=C(N)N(C(C)C)C1=O.O=C(O)C(F)(F)F. The normalized spacial score (nSPS) is 28.7. The van der Waals surface area contributed by atoms with Gasteiger partial charge in [0.1, 0.15) is 5.75 Å². The van der Waals surface area contributed by atoms with Crippen LogP contribution in [0, 0.1) is 11.3 Å². The smallest absolute Gasteiger partial charge is 0.490 e. The lowest BCUT2D eigenvalue weighted by molar-refractivity contribution is -0.192. The van der Waals surface area contributed by atoms with Gasteiger partial charge in [-0.1, -0.05) is 12.5 Å². The van der Waals surface area contributed by atoms with Gasteiger partial charge < -0.3 is 20.3 Å². The highest BCUT2D eigenvalue weighted by Crippen LogP contribution is 2.62. The van der Waals surface area contributed by atoms with Crippen molar-refractivity contribution in [2.45, 2.75) is 89.1 Å². The number of nitrogens with zero attached hydrogens (tertiary/aromatic N) is 2. The number of fused-ring (bicyclic) bond motifs is 3. The average molecular weight is 540 g/mol. The standard InChI is InChI=1S/C25H35N3O3.C2HF3O2/c1-16(2)28-22(29)25(27-23(28)26)21-13-20(31-15-17-5-4-6-17)8-7-18(21)14-24(25)11-9-19(30-3)10-12-24;3-2(4,5)1(6)7/h7-8,13,16-17,19H,4-6,9-12,14-15H2,1-3H3,(H2,26,27);(H,6,7). The highest BCUT2D eigenvalue weighted by Gasteiger charge is 2.67. The molecule has 38 heavy (non-hydrogen) atoms. The summed E-state index contributed by atoms with van der Waals surface area (Å²) in [7, 11) is 1.78. The fraction of sp³-hybridized carbons (Fsp3) is 0.667. The third-order valence-electron chi connectivity index (χ3n) is 8.52. The third-order valence-corrected chi connectivity index (χ3v) is 8.52. The Bertz CT molecular complexity index is 1090. The number of rotatable bonds is 5. The van der Waals surface area contributed by atoms with Gasteiger partial charge in [0.05, 0.1) is 12.7 Å². The largest absolute Gasteiger partial charge is 0.493 e. The minimum absolute atomic E-state index is 0.0231. The van der Waals surface area contributed by atoms with Gasteiger partial charge in [0.2, 0.25) is 0 Å². The summed E-state index contributed by atoms with van der Waals surface area (Å²) in [5.74, 6) is -0.867. The number of carbonyl (C=O) groups excluding carboxylic acids is 1. The van der Waals surface area contributed by atoms with Crippen LogP contribution < -0.4 is 10.5 Å². The summed E-state index contributed by atoms with van der Waals surface area (Å²) in [4.78, 5) is 29.7. The molecule has 1 amide bonds. The predicted molar refractivity (Wildman–Crippen MR) is 134 cm³/mol. The Morgan fingerprint density at radius 2 is 1.87 bits per heavy atom. The van der Waals surface area contributed by atoms with Crippen LogP contribution in [-0.4, -0.2) is 59.9 Å². The Labute approximate surface area is 220 Å². The average Bonchev–Trinajstić information content (AvgIpc) is 3.24. The first-order chi connectivity index (χ1) is 17.8. The zero-order valence-corrected chi connectivity index (χ0v) is 22.0. The number of halogens is 3. The fourth-order valence-corrected chi connectivity index (χ4v) is 6.28. The topological polar surface area (TPSA) is 114 Å². The lowest BCUT2D eigenvalue weighted by Gasteiger charge is -2.45. The summed E-state index contributed by atoms with van der Waals surface area (Å²) >= 11 is 0. The molecule has 1 aromatic rings. The van der Waals surface area contributed by atoms with Crippen LogP contribution in [0.25, 0.3) is 0 Å². The molecule has 5 rings (SSSR count). The number of hydrogen-bond donors (Lipinski definition) is 2. The van der Waals surface area contributed by atoms with Gasteiger partial charge in [-0.05, 0) is 88.0 Å². The number of alkyl halides is 3. The summed E-state index contributed by atoms with van der Waals surface area (Å²) in [5.41, 5.74) is 7.42. The van der Waals surface area contributed by atoms with Crippen molar-refractivity contribution in [1.29, 1.82) is 0 Å². The molecule has 1 aliphatic heterocycles. The molecule has 3 N–H and O–H groups in total. The highest BCUT2D eigenvalue weighted by molar-refractivity contribution is 6.08. The molecule has 3 aliphatic carbocycles. The van der Waals surface area contributed by atoms with E-state index in [0.717, 1.165) is 50.0 Å². The number of benzene rings is 1. The van der Waals surface area contributed by atoms with E-state index >= 15 is 0 Å². The molecule has 210 valence electrons. The molecule has 2 saturated carbocycles. The summed E-state index contributed by atoms with van der Waals surface area (Å²) < 4.78 is 43.5. The van der Waals surface area contributed by atoms with Crippen molar-refractivity contribution in [2.24, 2.45) is 22.1 Å². The zero-order valence-electron chi connectivity index (χ0n) is 22.0. The van der Waals surface area contributed by atoms with Crippen molar-refractivity contribution in [2.75, 3.05) is 13.7 Å². The number of amides is 1. The van der Waals surface area contributed by atoms with Gasteiger partial charge in [0, 0.05) is 18.6 Å². The van der Waals surface area contributed by atoms with Crippen molar-refractivity contribution in [3.05, 3.63) is 29.3 Å². The molecule has 8 nitrogen and oxygen atoms in total. The molecule has 11 heteroatoms. The molecule has 0 aromatic heterocycles. The maximum Gasteiger partial charge on any atom is 0.490 e. The number of ether oxygens (including phenoxy) is 2. The number of nitrogens with two attached hydrogens (primary N) is 1. The molecule has 1 heterocycles. The maximum atomic E-state index is 14.1. The minimum Gasteiger partial charge on any atom is -0.493 e. The van der Waals surface area contributed by atoms with Crippen molar-refractivity contribution in [3.63, 3.8) is 0 Å². The molecule has 0 radical (unpaired) electrons. The van der Waals surface area contributed by atoms with Gasteiger partial charge >= 0.3 is 12.1 Å².